The number of carbonyl (C=O) groups excluding carboxylic acids is 1. The largest absolute Gasteiger partial charge is 0.489 e. The third kappa shape index (κ3) is 5.98. The Bertz CT molecular complexity index is 1650. The van der Waals surface area contributed by atoms with E-state index in [0.717, 1.165) is 17.0 Å². The van der Waals surface area contributed by atoms with E-state index in [0.29, 0.717) is 40.9 Å². The van der Waals surface area contributed by atoms with E-state index in [1.54, 1.807) is 49.9 Å². The number of halogens is 1. The van der Waals surface area contributed by atoms with Crippen molar-refractivity contribution >= 4 is 17.2 Å². The molecule has 3 aromatic heterocycles. The highest BCUT2D eigenvalue weighted by molar-refractivity contribution is 5.85. The van der Waals surface area contributed by atoms with Crippen molar-refractivity contribution in [2.24, 2.45) is 0 Å². The summed E-state index contributed by atoms with van der Waals surface area (Å²) < 4.78 is 27.8. The summed E-state index contributed by atoms with van der Waals surface area (Å²) in [5, 5.41) is 2.83. The molecule has 3 N–H and O–H groups in total. The van der Waals surface area contributed by atoms with Gasteiger partial charge in [0, 0.05) is 73.5 Å². The Morgan fingerprint density at radius 3 is 2.52 bits per heavy atom. The number of nitrogens with zero attached hydrogens (tertiary/aromatic N) is 5. The van der Waals surface area contributed by atoms with Crippen LogP contribution in [0.2, 0.25) is 0 Å². The molecule has 0 aliphatic heterocycles. The van der Waals surface area contributed by atoms with E-state index >= 15 is 0 Å². The first-order valence-corrected chi connectivity index (χ1v) is 12.6. The summed E-state index contributed by atoms with van der Waals surface area (Å²) in [4.78, 5) is 28.8. The monoisotopic (exact) mass is 541 g/mol. The summed E-state index contributed by atoms with van der Waals surface area (Å²) in [5.41, 5.74) is 9.13. The SMILES string of the molecule is CC(=O)NCC(C)c1nc(-c2ccc(Oc3cc(F)cc(OCc4cnc(C)nc4)c3)cc2)c2c(N)nccn12. The van der Waals surface area contributed by atoms with Gasteiger partial charge in [-0.2, -0.15) is 0 Å². The molecular formula is C29H28FN7O3. The molecule has 1 atom stereocenters. The first-order valence-electron chi connectivity index (χ1n) is 12.6. The molecule has 0 bridgehead atoms. The van der Waals surface area contributed by atoms with Gasteiger partial charge < -0.3 is 20.5 Å². The lowest BCUT2D eigenvalue weighted by Crippen LogP contribution is -2.25. The maximum Gasteiger partial charge on any atom is 0.216 e. The minimum Gasteiger partial charge on any atom is -0.489 e. The predicted molar refractivity (Wildman–Crippen MR) is 148 cm³/mol. The van der Waals surface area contributed by atoms with E-state index in [-0.39, 0.29) is 24.2 Å². The average Bonchev–Trinajstić information content (AvgIpc) is 3.33. The molecule has 2 aromatic carbocycles. The smallest absolute Gasteiger partial charge is 0.216 e. The van der Waals surface area contributed by atoms with Crippen molar-refractivity contribution in [3.8, 4) is 28.5 Å². The summed E-state index contributed by atoms with van der Waals surface area (Å²) in [5.74, 6) is 2.19. The summed E-state index contributed by atoms with van der Waals surface area (Å²) in [7, 11) is 0. The molecule has 40 heavy (non-hydrogen) atoms. The van der Waals surface area contributed by atoms with Gasteiger partial charge >= 0.3 is 0 Å². The molecule has 10 nitrogen and oxygen atoms in total. The quantitative estimate of drug-likeness (QED) is 0.272. The zero-order chi connectivity index (χ0) is 28.2. The van der Waals surface area contributed by atoms with Gasteiger partial charge in [-0.3, -0.25) is 9.20 Å². The van der Waals surface area contributed by atoms with E-state index in [1.165, 1.54) is 19.1 Å². The number of ether oxygens (including phenoxy) is 2. The lowest BCUT2D eigenvalue weighted by Gasteiger charge is -2.10. The van der Waals surface area contributed by atoms with Crippen LogP contribution in [0.4, 0.5) is 10.2 Å². The van der Waals surface area contributed by atoms with E-state index in [4.69, 9.17) is 20.2 Å². The zero-order valence-electron chi connectivity index (χ0n) is 22.3. The summed E-state index contributed by atoms with van der Waals surface area (Å²) >= 11 is 0. The maximum atomic E-state index is 14.3. The number of anilines is 1. The molecule has 0 fully saturated rings. The molecule has 0 saturated heterocycles. The Hall–Kier alpha value is -5.06. The molecule has 1 unspecified atom stereocenters. The number of benzene rings is 2. The number of rotatable bonds is 9. The molecule has 0 radical (unpaired) electrons. The van der Waals surface area contributed by atoms with Crippen LogP contribution in [0.15, 0.2) is 67.3 Å². The number of aromatic nitrogens is 5. The normalized spacial score (nSPS) is 11.8. The molecule has 204 valence electrons. The van der Waals surface area contributed by atoms with Crippen molar-refractivity contribution in [3.05, 3.63) is 90.3 Å². The van der Waals surface area contributed by atoms with Crippen molar-refractivity contribution in [2.45, 2.75) is 33.3 Å². The lowest BCUT2D eigenvalue weighted by atomic mass is 10.1. The number of fused-ring (bicyclic) bond motifs is 1. The van der Waals surface area contributed by atoms with Crippen LogP contribution in [-0.2, 0) is 11.4 Å². The van der Waals surface area contributed by atoms with Gasteiger partial charge in [-0.1, -0.05) is 6.92 Å². The molecule has 0 aliphatic rings. The third-order valence-electron chi connectivity index (χ3n) is 6.16. The van der Waals surface area contributed by atoms with Crippen LogP contribution in [0.1, 0.15) is 37.0 Å². The number of nitrogens with one attached hydrogen (secondary N) is 1. The van der Waals surface area contributed by atoms with Crippen LogP contribution in [-0.4, -0.2) is 36.8 Å². The van der Waals surface area contributed by atoms with E-state index in [1.807, 2.05) is 23.5 Å². The maximum absolute atomic E-state index is 14.3. The van der Waals surface area contributed by atoms with Crippen LogP contribution >= 0.6 is 0 Å². The Morgan fingerprint density at radius 2 is 1.80 bits per heavy atom. The number of nitrogens with two attached hydrogens (primary N) is 1. The molecule has 11 heteroatoms. The third-order valence-corrected chi connectivity index (χ3v) is 6.16. The van der Waals surface area contributed by atoms with Gasteiger partial charge in [0.25, 0.3) is 0 Å². The van der Waals surface area contributed by atoms with Crippen LogP contribution in [0.5, 0.6) is 17.2 Å². The Kier molecular flexibility index (Phi) is 7.54. The number of nitrogen functional groups attached to an aromatic ring is 1. The number of amides is 1. The number of hydrogen-bond acceptors (Lipinski definition) is 8. The van der Waals surface area contributed by atoms with E-state index < -0.39 is 5.82 Å². The molecule has 1 amide bonds. The molecule has 0 aliphatic carbocycles. The van der Waals surface area contributed by atoms with Crippen molar-refractivity contribution in [3.63, 3.8) is 0 Å². The van der Waals surface area contributed by atoms with Gasteiger partial charge in [0.1, 0.15) is 58.3 Å². The standard InChI is InChI=1S/C29H28FN7O3/c1-17(13-35-19(3)38)29-36-26(27-28(31)32-8-9-37(27)29)21-4-6-23(7-5-21)40-25-11-22(30)10-24(12-25)39-16-20-14-33-18(2)34-15-20/h4-12,14-15,17H,13,16H2,1-3H3,(H2,31,32)(H,35,38). The molecular weight excluding hydrogens is 513 g/mol. The van der Waals surface area contributed by atoms with Gasteiger partial charge in [0.15, 0.2) is 0 Å². The molecule has 3 heterocycles. The average molecular weight is 542 g/mol. The van der Waals surface area contributed by atoms with Gasteiger partial charge in [0.05, 0.1) is 0 Å². The van der Waals surface area contributed by atoms with E-state index in [2.05, 4.69) is 20.3 Å². The first-order chi connectivity index (χ1) is 19.3. The van der Waals surface area contributed by atoms with Crippen LogP contribution < -0.4 is 20.5 Å². The van der Waals surface area contributed by atoms with Crippen molar-refractivity contribution in [1.82, 2.24) is 29.7 Å². The molecule has 0 saturated carbocycles. The van der Waals surface area contributed by atoms with Crippen molar-refractivity contribution in [1.29, 1.82) is 0 Å². The van der Waals surface area contributed by atoms with Crippen molar-refractivity contribution < 1.29 is 18.7 Å². The second kappa shape index (κ2) is 11.4. The summed E-state index contributed by atoms with van der Waals surface area (Å²) in [6.45, 7) is 5.88. The fourth-order valence-electron chi connectivity index (χ4n) is 4.18. The Labute approximate surface area is 230 Å². The number of imidazole rings is 1. The first kappa shape index (κ1) is 26.5. The minimum absolute atomic E-state index is 0.0718. The Morgan fingerprint density at radius 1 is 1.07 bits per heavy atom. The highest BCUT2D eigenvalue weighted by Crippen LogP contribution is 2.33. The van der Waals surface area contributed by atoms with Crippen LogP contribution in [0.3, 0.4) is 0 Å². The van der Waals surface area contributed by atoms with Crippen LogP contribution in [0.25, 0.3) is 16.8 Å². The number of hydrogen-bond donors (Lipinski definition) is 2. The number of aryl methyl sites for hydroxylation is 1. The lowest BCUT2D eigenvalue weighted by molar-refractivity contribution is -0.119. The van der Waals surface area contributed by atoms with E-state index in [9.17, 15) is 9.18 Å². The highest BCUT2D eigenvalue weighted by Gasteiger charge is 2.20. The minimum atomic E-state index is -0.488. The van der Waals surface area contributed by atoms with Gasteiger partial charge in [-0.15, -0.1) is 0 Å². The van der Waals surface area contributed by atoms with Crippen molar-refractivity contribution in [2.75, 3.05) is 12.3 Å². The second-order valence-electron chi connectivity index (χ2n) is 9.36. The predicted octanol–water partition coefficient (Wildman–Crippen LogP) is 4.83. The van der Waals surface area contributed by atoms with Crippen LogP contribution in [0, 0.1) is 12.7 Å². The summed E-state index contributed by atoms with van der Waals surface area (Å²) in [6, 6.07) is 11.4. The molecule has 0 spiro atoms. The molecule has 5 rings (SSSR count). The van der Waals surface area contributed by atoms with Gasteiger partial charge in [0.2, 0.25) is 5.91 Å². The van der Waals surface area contributed by atoms with Gasteiger partial charge in [-0.25, -0.2) is 24.3 Å². The summed E-state index contributed by atoms with van der Waals surface area (Å²) in [6.07, 6.45) is 6.75. The number of carbonyl (C=O) groups is 1. The second-order valence-corrected chi connectivity index (χ2v) is 9.36. The highest BCUT2D eigenvalue weighted by atomic mass is 19.1. The van der Waals surface area contributed by atoms with Gasteiger partial charge in [-0.05, 0) is 31.2 Å². The zero-order valence-corrected chi connectivity index (χ0v) is 22.3. The fraction of sp³-hybridized carbons (Fsp3) is 0.207. The Balaban J connectivity index is 1.35. The topological polar surface area (TPSA) is 130 Å². The fourth-order valence-corrected chi connectivity index (χ4v) is 4.18. The molecule has 5 aromatic rings.